The van der Waals surface area contributed by atoms with Gasteiger partial charge in [0.05, 0.1) is 11.6 Å². The molecule has 1 aliphatic heterocycles. The van der Waals surface area contributed by atoms with E-state index in [-0.39, 0.29) is 5.75 Å². The van der Waals surface area contributed by atoms with E-state index in [0.717, 1.165) is 44.2 Å². The van der Waals surface area contributed by atoms with Crippen LogP contribution in [0.1, 0.15) is 25.3 Å². The molecule has 2 rings (SSSR count). The summed E-state index contributed by atoms with van der Waals surface area (Å²) >= 11 is 3.39. The Kier molecular flexibility index (Phi) is 6.33. The summed E-state index contributed by atoms with van der Waals surface area (Å²) in [5, 5.41) is 13.3. The Labute approximate surface area is 135 Å². The van der Waals surface area contributed by atoms with Crippen LogP contribution in [0.25, 0.3) is 0 Å². The second-order valence-electron chi connectivity index (χ2n) is 5.65. The van der Waals surface area contributed by atoms with E-state index in [1.807, 2.05) is 12.1 Å². The van der Waals surface area contributed by atoms with Crippen molar-refractivity contribution in [1.82, 2.24) is 10.2 Å². The monoisotopic (exact) mass is 356 g/mol. The minimum absolute atomic E-state index is 0.169. The van der Waals surface area contributed by atoms with Crippen LogP contribution in [0.3, 0.4) is 0 Å². The van der Waals surface area contributed by atoms with Gasteiger partial charge in [-0.3, -0.25) is 4.90 Å². The lowest BCUT2D eigenvalue weighted by Crippen LogP contribution is -2.35. The van der Waals surface area contributed by atoms with Crippen LogP contribution in [0.5, 0.6) is 11.5 Å². The van der Waals surface area contributed by atoms with Crippen molar-refractivity contribution in [3.8, 4) is 11.5 Å². The van der Waals surface area contributed by atoms with Crippen molar-refractivity contribution in [3.05, 3.63) is 22.2 Å². The molecule has 1 aromatic carbocycles. The highest BCUT2D eigenvalue weighted by atomic mass is 79.9. The van der Waals surface area contributed by atoms with Crippen molar-refractivity contribution in [2.75, 3.05) is 33.3 Å². The molecule has 0 aliphatic carbocycles. The third kappa shape index (κ3) is 4.59. The highest BCUT2D eigenvalue weighted by Crippen LogP contribution is 2.35. The first-order valence-corrected chi connectivity index (χ1v) is 8.41. The van der Waals surface area contributed by atoms with E-state index < -0.39 is 0 Å². The van der Waals surface area contributed by atoms with Crippen molar-refractivity contribution < 1.29 is 9.84 Å². The van der Waals surface area contributed by atoms with E-state index in [2.05, 4.69) is 33.1 Å². The van der Waals surface area contributed by atoms with Crippen molar-refractivity contribution >= 4 is 15.9 Å². The van der Waals surface area contributed by atoms with Crippen LogP contribution in [-0.4, -0.2) is 43.3 Å². The third-order valence-corrected chi connectivity index (χ3v) is 4.74. The Morgan fingerprint density at radius 2 is 2.10 bits per heavy atom. The van der Waals surface area contributed by atoms with Gasteiger partial charge in [0.2, 0.25) is 0 Å². The van der Waals surface area contributed by atoms with E-state index in [9.17, 15) is 5.11 Å². The normalized spacial score (nSPS) is 16.4. The van der Waals surface area contributed by atoms with Crippen LogP contribution < -0.4 is 10.1 Å². The molecule has 118 valence electrons. The molecular weight excluding hydrogens is 332 g/mol. The van der Waals surface area contributed by atoms with Crippen LogP contribution in [0, 0.1) is 5.92 Å². The number of phenolic OH excluding ortho intramolecular Hbond substituents is 1. The molecule has 21 heavy (non-hydrogen) atoms. The Hall–Kier alpha value is -0.780. The lowest BCUT2D eigenvalue weighted by molar-refractivity contribution is 0.207. The van der Waals surface area contributed by atoms with E-state index in [4.69, 9.17) is 4.74 Å². The van der Waals surface area contributed by atoms with Crippen molar-refractivity contribution in [3.63, 3.8) is 0 Å². The van der Waals surface area contributed by atoms with Gasteiger partial charge >= 0.3 is 0 Å². The fourth-order valence-electron chi connectivity index (χ4n) is 2.87. The van der Waals surface area contributed by atoms with Gasteiger partial charge in [0.1, 0.15) is 0 Å². The van der Waals surface area contributed by atoms with E-state index >= 15 is 0 Å². The summed E-state index contributed by atoms with van der Waals surface area (Å²) in [5.41, 5.74) is 1.16. The maximum atomic E-state index is 9.88. The first-order valence-electron chi connectivity index (χ1n) is 7.62. The molecule has 0 bridgehead atoms. The van der Waals surface area contributed by atoms with Crippen LogP contribution in [-0.2, 0) is 6.54 Å². The van der Waals surface area contributed by atoms with E-state index in [0.29, 0.717) is 10.2 Å². The summed E-state index contributed by atoms with van der Waals surface area (Å²) in [6.45, 7) is 7.54. The van der Waals surface area contributed by atoms with Crippen molar-refractivity contribution in [2.45, 2.75) is 26.3 Å². The molecular formula is C16H25BrN2O2. The molecule has 4 nitrogen and oxygen atoms in total. The number of nitrogens with zero attached hydrogens (tertiary/aromatic N) is 1. The largest absolute Gasteiger partial charge is 0.503 e. The van der Waals surface area contributed by atoms with Crippen LogP contribution in [0.4, 0.5) is 0 Å². The van der Waals surface area contributed by atoms with Gasteiger partial charge < -0.3 is 15.2 Å². The number of hydrogen-bond acceptors (Lipinski definition) is 4. The minimum Gasteiger partial charge on any atom is -0.503 e. The number of piperidine rings is 1. The number of phenols is 1. The minimum atomic E-state index is 0.169. The fraction of sp³-hybridized carbons (Fsp3) is 0.625. The molecule has 0 aromatic heterocycles. The van der Waals surface area contributed by atoms with Gasteiger partial charge in [-0.2, -0.15) is 0 Å². The predicted molar refractivity (Wildman–Crippen MR) is 88.9 cm³/mol. The van der Waals surface area contributed by atoms with Crippen LogP contribution >= 0.6 is 15.9 Å². The first-order chi connectivity index (χ1) is 10.1. The summed E-state index contributed by atoms with van der Waals surface area (Å²) in [6, 6.07) is 3.90. The van der Waals surface area contributed by atoms with E-state index in [1.165, 1.54) is 12.8 Å². The summed E-state index contributed by atoms with van der Waals surface area (Å²) in [6.07, 6.45) is 2.53. The van der Waals surface area contributed by atoms with Gasteiger partial charge in [0, 0.05) is 13.1 Å². The smallest absolute Gasteiger partial charge is 0.172 e. The number of nitrogens with one attached hydrogen (secondary N) is 1. The standard InChI is InChI=1S/C16H25BrN2O2/c1-3-19(10-12-4-6-18-7-5-12)11-13-8-14(17)16(20)15(9-13)21-2/h8-9,12,18,20H,3-7,10-11H2,1-2H3. The van der Waals surface area contributed by atoms with Crippen molar-refractivity contribution in [2.24, 2.45) is 5.92 Å². The zero-order valence-electron chi connectivity index (χ0n) is 12.9. The molecule has 1 heterocycles. The van der Waals surface area contributed by atoms with Gasteiger partial charge in [0.25, 0.3) is 0 Å². The van der Waals surface area contributed by atoms with Crippen LogP contribution in [0.2, 0.25) is 0 Å². The van der Waals surface area contributed by atoms with Gasteiger partial charge in [-0.25, -0.2) is 0 Å². The number of aromatic hydroxyl groups is 1. The summed E-state index contributed by atoms with van der Waals surface area (Å²) in [7, 11) is 1.58. The number of methoxy groups -OCH3 is 1. The maximum Gasteiger partial charge on any atom is 0.172 e. The Morgan fingerprint density at radius 3 is 2.71 bits per heavy atom. The predicted octanol–water partition coefficient (Wildman–Crippen LogP) is 2.98. The maximum absolute atomic E-state index is 9.88. The third-order valence-electron chi connectivity index (χ3n) is 4.14. The molecule has 0 spiro atoms. The molecule has 2 N–H and O–H groups in total. The molecule has 5 heteroatoms. The Balaban J connectivity index is 2.02. The fourth-order valence-corrected chi connectivity index (χ4v) is 3.36. The first kappa shape index (κ1) is 16.6. The number of hydrogen-bond donors (Lipinski definition) is 2. The van der Waals surface area contributed by atoms with Gasteiger partial charge in [0.15, 0.2) is 11.5 Å². The highest BCUT2D eigenvalue weighted by Gasteiger charge is 2.17. The molecule has 1 saturated heterocycles. The molecule has 1 aliphatic rings. The summed E-state index contributed by atoms with van der Waals surface area (Å²) in [4.78, 5) is 2.47. The van der Waals surface area contributed by atoms with Crippen molar-refractivity contribution in [1.29, 1.82) is 0 Å². The lowest BCUT2D eigenvalue weighted by Gasteiger charge is -2.29. The highest BCUT2D eigenvalue weighted by molar-refractivity contribution is 9.10. The topological polar surface area (TPSA) is 44.7 Å². The number of ether oxygens (including phenoxy) is 1. The average molecular weight is 357 g/mol. The SMILES string of the molecule is CCN(Cc1cc(Br)c(O)c(OC)c1)CC1CCNCC1. The van der Waals surface area contributed by atoms with Gasteiger partial charge in [-0.05, 0) is 72.0 Å². The quantitative estimate of drug-likeness (QED) is 0.822. The molecule has 0 unspecified atom stereocenters. The molecule has 0 amide bonds. The zero-order valence-corrected chi connectivity index (χ0v) is 14.4. The lowest BCUT2D eigenvalue weighted by atomic mass is 9.97. The molecule has 0 saturated carbocycles. The van der Waals surface area contributed by atoms with Gasteiger partial charge in [-0.15, -0.1) is 0 Å². The Bertz CT molecular complexity index is 462. The second kappa shape index (κ2) is 8.01. The molecule has 0 radical (unpaired) electrons. The second-order valence-corrected chi connectivity index (χ2v) is 6.50. The molecule has 1 fully saturated rings. The number of rotatable bonds is 6. The van der Waals surface area contributed by atoms with Gasteiger partial charge in [-0.1, -0.05) is 6.92 Å². The number of halogens is 1. The zero-order chi connectivity index (χ0) is 15.2. The summed E-state index contributed by atoms with van der Waals surface area (Å²) < 4.78 is 5.91. The Morgan fingerprint density at radius 1 is 1.38 bits per heavy atom. The molecule has 0 atom stereocenters. The average Bonchev–Trinajstić information content (AvgIpc) is 2.51. The van der Waals surface area contributed by atoms with E-state index in [1.54, 1.807) is 7.11 Å². The number of benzene rings is 1. The molecule has 1 aromatic rings. The summed E-state index contributed by atoms with van der Waals surface area (Å²) in [5.74, 6) is 1.48. The van der Waals surface area contributed by atoms with Crippen LogP contribution in [0.15, 0.2) is 16.6 Å².